The summed E-state index contributed by atoms with van der Waals surface area (Å²) in [6.07, 6.45) is -0.270. The largest absolute Gasteiger partial charge is 0.456 e. The van der Waals surface area contributed by atoms with Gasteiger partial charge < -0.3 is 9.26 Å². The Kier molecular flexibility index (Phi) is 6.37. The van der Waals surface area contributed by atoms with E-state index in [1.807, 2.05) is 13.8 Å². The predicted molar refractivity (Wildman–Crippen MR) is 84.3 cm³/mol. The molecule has 1 aromatic carbocycles. The van der Waals surface area contributed by atoms with Gasteiger partial charge in [-0.25, -0.2) is 21.9 Å². The van der Waals surface area contributed by atoms with Crippen LogP contribution in [0.3, 0.4) is 0 Å². The van der Waals surface area contributed by atoms with Crippen molar-refractivity contribution in [3.05, 3.63) is 41.5 Å². The zero-order chi connectivity index (χ0) is 19.3. The fourth-order valence-corrected chi connectivity index (χ4v) is 2.83. The number of halogens is 2. The lowest BCUT2D eigenvalue weighted by Gasteiger charge is -2.07. The molecule has 0 fully saturated rings. The summed E-state index contributed by atoms with van der Waals surface area (Å²) in [5, 5.41) is 3.71. The van der Waals surface area contributed by atoms with Gasteiger partial charge in [0.1, 0.15) is 0 Å². The van der Waals surface area contributed by atoms with Gasteiger partial charge in [0, 0.05) is 12.5 Å². The molecular weight excluding hydrogens is 372 g/mol. The van der Waals surface area contributed by atoms with Crippen molar-refractivity contribution >= 4 is 16.0 Å². The number of hydrogen-bond donors (Lipinski definition) is 1. The number of esters is 1. The number of benzene rings is 1. The maximum Gasteiger partial charge on any atom is 0.307 e. The Morgan fingerprint density at radius 1 is 1.31 bits per heavy atom. The topological polar surface area (TPSA) is 111 Å². The Bertz CT molecular complexity index is 883. The standard InChI is InChI=1S/C15H17F2N3O5S/c1-9(2)15-19-13(25-20-15)8-24-14(21)5-6-18-26(22,23)10-3-4-11(16)12(17)7-10/h3-4,7,9,18H,5-6,8H2,1-2H3. The summed E-state index contributed by atoms with van der Waals surface area (Å²) < 4.78 is 61.7. The van der Waals surface area contributed by atoms with E-state index in [4.69, 9.17) is 9.26 Å². The van der Waals surface area contributed by atoms with Crippen molar-refractivity contribution in [2.75, 3.05) is 6.54 Å². The Hall–Kier alpha value is -2.40. The highest BCUT2D eigenvalue weighted by molar-refractivity contribution is 7.89. The van der Waals surface area contributed by atoms with Crippen LogP contribution >= 0.6 is 0 Å². The number of aromatic nitrogens is 2. The quantitative estimate of drug-likeness (QED) is 0.686. The molecule has 11 heteroatoms. The molecule has 26 heavy (non-hydrogen) atoms. The number of ether oxygens (including phenoxy) is 1. The van der Waals surface area contributed by atoms with Crippen LogP contribution in [-0.2, 0) is 26.2 Å². The zero-order valence-electron chi connectivity index (χ0n) is 14.0. The Morgan fingerprint density at radius 2 is 2.04 bits per heavy atom. The van der Waals surface area contributed by atoms with E-state index in [1.54, 1.807) is 0 Å². The van der Waals surface area contributed by atoms with Crippen LogP contribution in [0.15, 0.2) is 27.6 Å². The minimum absolute atomic E-state index is 0.0638. The summed E-state index contributed by atoms with van der Waals surface area (Å²) in [4.78, 5) is 15.2. The third-order valence-corrected chi connectivity index (χ3v) is 4.64. The maximum atomic E-state index is 13.1. The van der Waals surface area contributed by atoms with Gasteiger partial charge in [-0.2, -0.15) is 4.98 Å². The first-order valence-corrected chi connectivity index (χ1v) is 9.10. The second-order valence-corrected chi connectivity index (χ2v) is 7.35. The van der Waals surface area contributed by atoms with Crippen LogP contribution < -0.4 is 4.72 Å². The number of hydrogen-bond acceptors (Lipinski definition) is 7. The van der Waals surface area contributed by atoms with Crippen molar-refractivity contribution < 1.29 is 31.3 Å². The monoisotopic (exact) mass is 389 g/mol. The van der Waals surface area contributed by atoms with Crippen LogP contribution in [0.5, 0.6) is 0 Å². The molecule has 1 N–H and O–H groups in total. The van der Waals surface area contributed by atoms with Crippen molar-refractivity contribution in [3.63, 3.8) is 0 Å². The molecule has 0 saturated carbocycles. The first-order chi connectivity index (χ1) is 12.2. The van der Waals surface area contributed by atoms with E-state index < -0.39 is 32.5 Å². The first kappa shape index (κ1) is 19.9. The van der Waals surface area contributed by atoms with E-state index in [-0.39, 0.29) is 31.4 Å². The van der Waals surface area contributed by atoms with Gasteiger partial charge in [0.25, 0.3) is 5.89 Å². The summed E-state index contributed by atoms with van der Waals surface area (Å²) in [7, 11) is -4.07. The molecule has 0 atom stereocenters. The van der Waals surface area contributed by atoms with Crippen molar-refractivity contribution in [2.24, 2.45) is 0 Å². The molecule has 0 spiro atoms. The first-order valence-electron chi connectivity index (χ1n) is 7.62. The van der Waals surface area contributed by atoms with Gasteiger partial charge in [-0.1, -0.05) is 19.0 Å². The number of nitrogens with one attached hydrogen (secondary N) is 1. The highest BCUT2D eigenvalue weighted by Crippen LogP contribution is 2.14. The minimum atomic E-state index is -4.07. The fraction of sp³-hybridized carbons (Fsp3) is 0.400. The molecule has 0 bridgehead atoms. The summed E-state index contributed by atoms with van der Waals surface area (Å²) in [6, 6.07) is 2.17. The molecule has 1 aromatic heterocycles. The van der Waals surface area contributed by atoms with Gasteiger partial charge in [-0.15, -0.1) is 0 Å². The van der Waals surface area contributed by atoms with Crippen LogP contribution in [0, 0.1) is 11.6 Å². The van der Waals surface area contributed by atoms with E-state index in [1.165, 1.54) is 0 Å². The predicted octanol–water partition coefficient (Wildman–Crippen LogP) is 1.88. The Morgan fingerprint density at radius 3 is 2.65 bits per heavy atom. The molecule has 8 nitrogen and oxygen atoms in total. The zero-order valence-corrected chi connectivity index (χ0v) is 14.8. The lowest BCUT2D eigenvalue weighted by atomic mass is 10.2. The van der Waals surface area contributed by atoms with Crippen LogP contribution in [0.2, 0.25) is 0 Å². The average Bonchev–Trinajstić information content (AvgIpc) is 3.04. The molecule has 1 heterocycles. The Balaban J connectivity index is 1.80. The molecule has 0 amide bonds. The number of carbonyl (C=O) groups excluding carboxylic acids is 1. The van der Waals surface area contributed by atoms with Gasteiger partial charge in [0.2, 0.25) is 10.0 Å². The van der Waals surface area contributed by atoms with Crippen molar-refractivity contribution in [2.45, 2.75) is 37.7 Å². The third kappa shape index (κ3) is 5.30. The van der Waals surface area contributed by atoms with Crippen LogP contribution in [0.25, 0.3) is 0 Å². The van der Waals surface area contributed by atoms with Crippen molar-refractivity contribution in [3.8, 4) is 0 Å². The molecule has 0 aliphatic carbocycles. The van der Waals surface area contributed by atoms with Gasteiger partial charge in [-0.3, -0.25) is 4.79 Å². The van der Waals surface area contributed by atoms with Gasteiger partial charge in [0.15, 0.2) is 24.1 Å². The molecule has 0 aliphatic rings. The molecule has 0 radical (unpaired) electrons. The smallest absolute Gasteiger partial charge is 0.307 e. The summed E-state index contributed by atoms with van der Waals surface area (Å²) in [5.74, 6) is -2.46. The molecular formula is C15H17F2N3O5S. The summed E-state index contributed by atoms with van der Waals surface area (Å²) in [5.41, 5.74) is 0. The molecule has 2 aromatic rings. The number of nitrogens with zero attached hydrogens (tertiary/aromatic N) is 2. The van der Waals surface area contributed by atoms with Crippen molar-refractivity contribution in [1.29, 1.82) is 0 Å². The van der Waals surface area contributed by atoms with Crippen molar-refractivity contribution in [1.82, 2.24) is 14.9 Å². The number of rotatable bonds is 8. The lowest BCUT2D eigenvalue weighted by molar-refractivity contribution is -0.145. The lowest BCUT2D eigenvalue weighted by Crippen LogP contribution is -2.27. The minimum Gasteiger partial charge on any atom is -0.456 e. The second kappa shape index (κ2) is 8.32. The molecule has 0 aliphatic heterocycles. The van der Waals surface area contributed by atoms with Crippen LogP contribution in [0.1, 0.15) is 37.9 Å². The molecule has 142 valence electrons. The fourth-order valence-electron chi connectivity index (χ4n) is 1.79. The van der Waals surface area contributed by atoms with Crippen LogP contribution in [0.4, 0.5) is 8.78 Å². The SMILES string of the molecule is CC(C)c1noc(COC(=O)CCNS(=O)(=O)c2ccc(F)c(F)c2)n1. The van der Waals surface area contributed by atoms with E-state index in [2.05, 4.69) is 14.9 Å². The highest BCUT2D eigenvalue weighted by Gasteiger charge is 2.17. The van der Waals surface area contributed by atoms with E-state index >= 15 is 0 Å². The molecule has 0 saturated heterocycles. The van der Waals surface area contributed by atoms with Gasteiger partial charge >= 0.3 is 5.97 Å². The summed E-state index contributed by atoms with van der Waals surface area (Å²) >= 11 is 0. The second-order valence-electron chi connectivity index (χ2n) is 5.59. The maximum absolute atomic E-state index is 13.1. The van der Waals surface area contributed by atoms with E-state index in [0.29, 0.717) is 18.0 Å². The van der Waals surface area contributed by atoms with E-state index in [0.717, 1.165) is 6.07 Å². The normalized spacial score (nSPS) is 11.7. The van der Waals surface area contributed by atoms with Gasteiger partial charge in [0.05, 0.1) is 11.3 Å². The van der Waals surface area contributed by atoms with E-state index in [9.17, 15) is 22.0 Å². The average molecular weight is 389 g/mol. The Labute approximate surface area is 148 Å². The number of carbonyl (C=O) groups is 1. The van der Waals surface area contributed by atoms with Crippen LogP contribution in [-0.4, -0.2) is 31.1 Å². The molecule has 0 unspecified atom stereocenters. The number of sulfonamides is 1. The summed E-state index contributed by atoms with van der Waals surface area (Å²) in [6.45, 7) is 3.25. The highest BCUT2D eigenvalue weighted by atomic mass is 32.2. The van der Waals surface area contributed by atoms with Gasteiger partial charge in [-0.05, 0) is 18.2 Å². The molecule has 2 rings (SSSR count). The third-order valence-electron chi connectivity index (χ3n) is 3.18.